The van der Waals surface area contributed by atoms with Gasteiger partial charge in [-0.25, -0.2) is 4.68 Å². The summed E-state index contributed by atoms with van der Waals surface area (Å²) in [6.45, 7) is 8.76. The lowest BCUT2D eigenvalue weighted by atomic mass is 10.1. The number of amides is 1. The van der Waals surface area contributed by atoms with Gasteiger partial charge in [0.25, 0.3) is 0 Å². The second-order valence-electron chi connectivity index (χ2n) is 6.87. The fraction of sp³-hybridized carbons (Fsp3) is 0.261. The smallest absolute Gasteiger partial charge is 0.230 e. The van der Waals surface area contributed by atoms with Crippen LogP contribution in [0.5, 0.6) is 5.75 Å². The number of rotatable bonds is 10. The molecule has 0 saturated carbocycles. The Morgan fingerprint density at radius 2 is 1.97 bits per heavy atom. The number of nitrogens with one attached hydrogen (secondary N) is 1. The van der Waals surface area contributed by atoms with E-state index in [-0.39, 0.29) is 17.8 Å². The van der Waals surface area contributed by atoms with Gasteiger partial charge in [-0.15, -0.1) is 11.7 Å². The van der Waals surface area contributed by atoms with Gasteiger partial charge in [-0.3, -0.25) is 4.79 Å². The first kappa shape index (κ1) is 21.6. The third-order valence-corrected chi connectivity index (χ3v) is 5.51. The molecule has 156 valence electrons. The van der Waals surface area contributed by atoms with E-state index >= 15 is 0 Å². The number of hydrogen-bond acceptors (Lipinski definition) is 5. The lowest BCUT2D eigenvalue weighted by Gasteiger charge is -2.14. The Labute approximate surface area is 181 Å². The number of aryl methyl sites for hydroxylation is 1. The van der Waals surface area contributed by atoms with Crippen LogP contribution in [0.25, 0.3) is 0 Å². The van der Waals surface area contributed by atoms with Crippen LogP contribution in [0, 0.1) is 6.92 Å². The summed E-state index contributed by atoms with van der Waals surface area (Å²) in [6.07, 6.45) is 1.45. The molecule has 0 aliphatic rings. The van der Waals surface area contributed by atoms with Gasteiger partial charge in [0.15, 0.2) is 0 Å². The van der Waals surface area contributed by atoms with Crippen LogP contribution < -0.4 is 10.1 Å². The van der Waals surface area contributed by atoms with Crippen molar-refractivity contribution in [3.05, 3.63) is 84.1 Å². The number of para-hydroxylation sites is 1. The van der Waals surface area contributed by atoms with Crippen molar-refractivity contribution in [1.82, 2.24) is 20.3 Å². The van der Waals surface area contributed by atoms with Gasteiger partial charge in [0.2, 0.25) is 5.91 Å². The largest absolute Gasteiger partial charge is 0.484 e. The van der Waals surface area contributed by atoms with Crippen LogP contribution >= 0.6 is 11.8 Å². The zero-order chi connectivity index (χ0) is 21.3. The minimum atomic E-state index is -0.302. The third-order valence-electron chi connectivity index (χ3n) is 4.41. The third kappa shape index (κ3) is 5.97. The molecule has 0 spiro atoms. The summed E-state index contributed by atoms with van der Waals surface area (Å²) in [5, 5.41) is 12.3. The summed E-state index contributed by atoms with van der Waals surface area (Å²) < 4.78 is 7.74. The number of hydrogen-bond donors (Lipinski definition) is 1. The lowest BCUT2D eigenvalue weighted by Crippen LogP contribution is -2.24. The number of carbonyl (C=O) groups excluding carboxylic acids is 1. The summed E-state index contributed by atoms with van der Waals surface area (Å²) >= 11 is 1.40. The first-order valence-electron chi connectivity index (χ1n) is 9.78. The molecular formula is C23H26N4O2S. The van der Waals surface area contributed by atoms with E-state index in [1.807, 2.05) is 68.4 Å². The minimum absolute atomic E-state index is 0.0468. The van der Waals surface area contributed by atoms with Gasteiger partial charge < -0.3 is 10.1 Å². The molecule has 1 N–H and O–H groups in total. The Bertz CT molecular complexity index is 971. The number of carbonyl (C=O) groups is 1. The number of aromatic nitrogens is 3. The van der Waals surface area contributed by atoms with E-state index in [1.54, 1.807) is 10.8 Å². The van der Waals surface area contributed by atoms with E-state index in [4.69, 9.17) is 4.74 Å². The number of allylic oxidation sites excluding steroid dienone is 1. The number of ether oxygens (including phenoxy) is 1. The molecule has 0 aliphatic heterocycles. The Hall–Kier alpha value is -3.06. The first-order chi connectivity index (χ1) is 14.6. The van der Waals surface area contributed by atoms with Crippen molar-refractivity contribution in [2.24, 2.45) is 0 Å². The predicted molar refractivity (Wildman–Crippen MR) is 119 cm³/mol. The number of benzene rings is 2. The first-order valence-corrected chi connectivity index (χ1v) is 10.8. The van der Waals surface area contributed by atoms with Gasteiger partial charge in [0, 0.05) is 6.54 Å². The van der Waals surface area contributed by atoms with E-state index in [1.165, 1.54) is 17.3 Å². The lowest BCUT2D eigenvalue weighted by molar-refractivity contribution is -0.118. The van der Waals surface area contributed by atoms with Crippen molar-refractivity contribution in [2.45, 2.75) is 38.1 Å². The highest BCUT2D eigenvalue weighted by Crippen LogP contribution is 2.29. The molecule has 1 heterocycles. The topological polar surface area (TPSA) is 69.0 Å². The standard InChI is InChI=1S/C23H26N4O2S/c1-4-14-27-23(22(25-26-27)18(3)29-20-8-6-5-7-9-20)30-16-21(28)24-15-19-12-10-17(2)11-13-19/h4-13,18H,1,14-16H2,2-3H3,(H,24,28). The molecule has 3 rings (SSSR count). The van der Waals surface area contributed by atoms with Gasteiger partial charge in [0.1, 0.15) is 22.6 Å². The molecule has 1 atom stereocenters. The number of thioether (sulfide) groups is 1. The van der Waals surface area contributed by atoms with Gasteiger partial charge in [-0.1, -0.05) is 71.1 Å². The van der Waals surface area contributed by atoms with Crippen LogP contribution in [0.2, 0.25) is 0 Å². The van der Waals surface area contributed by atoms with E-state index in [2.05, 4.69) is 22.2 Å². The molecule has 1 unspecified atom stereocenters. The summed E-state index contributed by atoms with van der Waals surface area (Å²) in [4.78, 5) is 12.4. The second kappa shape index (κ2) is 10.6. The minimum Gasteiger partial charge on any atom is -0.484 e. The molecule has 1 amide bonds. The highest BCUT2D eigenvalue weighted by molar-refractivity contribution is 8.00. The molecule has 6 nitrogen and oxygen atoms in total. The van der Waals surface area contributed by atoms with Gasteiger partial charge in [-0.2, -0.15) is 0 Å². The average Bonchev–Trinajstić information content (AvgIpc) is 3.15. The summed E-state index contributed by atoms with van der Waals surface area (Å²) in [5.74, 6) is 0.978. The van der Waals surface area contributed by atoms with Gasteiger partial charge in [0.05, 0.1) is 12.3 Å². The second-order valence-corrected chi connectivity index (χ2v) is 7.84. The summed E-state index contributed by atoms with van der Waals surface area (Å²) in [5.41, 5.74) is 2.97. The van der Waals surface area contributed by atoms with E-state index < -0.39 is 0 Å². The van der Waals surface area contributed by atoms with Crippen LogP contribution in [-0.4, -0.2) is 26.7 Å². The number of nitrogens with zero attached hydrogens (tertiary/aromatic N) is 3. The van der Waals surface area contributed by atoms with Crippen molar-refractivity contribution >= 4 is 17.7 Å². The van der Waals surface area contributed by atoms with Crippen molar-refractivity contribution in [3.8, 4) is 5.75 Å². The molecule has 0 bridgehead atoms. The maximum Gasteiger partial charge on any atom is 0.230 e. The monoisotopic (exact) mass is 422 g/mol. The molecule has 2 aromatic carbocycles. The van der Waals surface area contributed by atoms with Crippen molar-refractivity contribution < 1.29 is 9.53 Å². The van der Waals surface area contributed by atoms with Crippen LogP contribution in [0.4, 0.5) is 0 Å². The van der Waals surface area contributed by atoms with E-state index in [9.17, 15) is 4.79 Å². The highest BCUT2D eigenvalue weighted by Gasteiger charge is 2.21. The molecular weight excluding hydrogens is 396 g/mol. The molecule has 0 aliphatic carbocycles. The summed E-state index contributed by atoms with van der Waals surface area (Å²) in [6, 6.07) is 17.7. The molecule has 0 fully saturated rings. The highest BCUT2D eigenvalue weighted by atomic mass is 32.2. The predicted octanol–water partition coefficient (Wildman–Crippen LogP) is 4.32. The van der Waals surface area contributed by atoms with Crippen LogP contribution in [0.1, 0.15) is 29.8 Å². The fourth-order valence-corrected chi connectivity index (χ4v) is 3.80. The van der Waals surface area contributed by atoms with E-state index in [0.29, 0.717) is 18.8 Å². The fourth-order valence-electron chi connectivity index (χ4n) is 2.81. The van der Waals surface area contributed by atoms with Crippen molar-refractivity contribution in [1.29, 1.82) is 0 Å². The Balaban J connectivity index is 1.63. The maximum absolute atomic E-state index is 12.4. The molecule has 0 radical (unpaired) electrons. The molecule has 0 saturated heterocycles. The Morgan fingerprint density at radius 1 is 1.23 bits per heavy atom. The SMILES string of the molecule is C=CCn1nnc(C(C)Oc2ccccc2)c1SCC(=O)NCc1ccc(C)cc1. The zero-order valence-electron chi connectivity index (χ0n) is 17.2. The zero-order valence-corrected chi connectivity index (χ0v) is 18.1. The average molecular weight is 423 g/mol. The van der Waals surface area contributed by atoms with Crippen LogP contribution in [0.15, 0.2) is 72.3 Å². The van der Waals surface area contributed by atoms with Crippen LogP contribution in [0.3, 0.4) is 0 Å². The Morgan fingerprint density at radius 3 is 2.67 bits per heavy atom. The summed E-state index contributed by atoms with van der Waals surface area (Å²) in [7, 11) is 0. The van der Waals surface area contributed by atoms with E-state index in [0.717, 1.165) is 16.3 Å². The normalized spacial score (nSPS) is 11.7. The van der Waals surface area contributed by atoms with Crippen molar-refractivity contribution in [2.75, 3.05) is 5.75 Å². The molecule has 3 aromatic rings. The molecule has 30 heavy (non-hydrogen) atoms. The van der Waals surface area contributed by atoms with Gasteiger partial charge >= 0.3 is 0 Å². The van der Waals surface area contributed by atoms with Crippen LogP contribution in [-0.2, 0) is 17.9 Å². The van der Waals surface area contributed by atoms with Crippen molar-refractivity contribution in [3.63, 3.8) is 0 Å². The molecule has 7 heteroatoms. The quantitative estimate of drug-likeness (QED) is 0.389. The molecule has 1 aromatic heterocycles. The maximum atomic E-state index is 12.4. The Kier molecular flexibility index (Phi) is 7.68. The van der Waals surface area contributed by atoms with Gasteiger partial charge in [-0.05, 0) is 31.5 Å².